The van der Waals surface area contributed by atoms with Gasteiger partial charge in [0.2, 0.25) is 0 Å². The molecule has 0 unspecified atom stereocenters. The van der Waals surface area contributed by atoms with Crippen LogP contribution >= 0.6 is 0 Å². The summed E-state index contributed by atoms with van der Waals surface area (Å²) in [7, 11) is 0. The van der Waals surface area contributed by atoms with Crippen LogP contribution in [-0.2, 0) is 17.8 Å². The second kappa shape index (κ2) is 14.0. The Bertz CT molecular complexity index is 1660. The second-order valence-electron chi connectivity index (χ2n) is 14.2. The number of benzene rings is 2. The van der Waals surface area contributed by atoms with Gasteiger partial charge in [-0.15, -0.1) is 0 Å². The predicted molar refractivity (Wildman–Crippen MR) is 181 cm³/mol. The molecule has 3 aliphatic rings. The molecule has 1 aliphatic carbocycles. The van der Waals surface area contributed by atoms with Crippen molar-refractivity contribution in [2.75, 3.05) is 32.8 Å². The number of ether oxygens (including phenoxy) is 3. The average Bonchev–Trinajstić information content (AvgIpc) is 3.55. The van der Waals surface area contributed by atoms with Gasteiger partial charge in [0, 0.05) is 56.3 Å². The number of piperidine rings is 1. The van der Waals surface area contributed by atoms with Crippen molar-refractivity contribution in [1.82, 2.24) is 19.7 Å². The number of aromatic nitrogens is 1. The minimum atomic E-state index is -0.607. The standard InChI is InChI=1S/C37H48N4O6/c1-25-9-11-29-30(35(43)38-27-7-5-6-8-27)23-34(42)40(31(29)21-25)18-17-39-15-13-28(14-16-39)41(36(44)47-37(2,3)4)24-26-10-12-32-33(22-26)46-20-19-45-32/h9-12,21-23,27-28H,5-8,13-20,24H2,1-4H3,(H,38,43). The summed E-state index contributed by atoms with van der Waals surface area (Å²) in [6, 6.07) is 13.5. The van der Waals surface area contributed by atoms with Crippen LogP contribution in [0.2, 0.25) is 0 Å². The van der Waals surface area contributed by atoms with Crippen LogP contribution in [-0.4, -0.2) is 76.9 Å². The maximum absolute atomic E-state index is 13.5. The van der Waals surface area contributed by atoms with Crippen molar-refractivity contribution in [1.29, 1.82) is 0 Å². The van der Waals surface area contributed by atoms with Gasteiger partial charge >= 0.3 is 6.09 Å². The van der Waals surface area contributed by atoms with E-state index in [0.29, 0.717) is 44.2 Å². The summed E-state index contributed by atoms with van der Waals surface area (Å²) in [5, 5.41) is 3.95. The van der Waals surface area contributed by atoms with Crippen LogP contribution in [0, 0.1) is 6.92 Å². The van der Waals surface area contributed by atoms with Crippen molar-refractivity contribution in [3.8, 4) is 11.5 Å². The number of hydrogen-bond acceptors (Lipinski definition) is 7. The van der Waals surface area contributed by atoms with Gasteiger partial charge in [0.25, 0.3) is 11.5 Å². The maximum atomic E-state index is 13.5. The highest BCUT2D eigenvalue weighted by molar-refractivity contribution is 6.06. The van der Waals surface area contributed by atoms with Gasteiger partial charge in [0.05, 0.1) is 11.1 Å². The normalized spacial score (nSPS) is 17.5. The predicted octanol–water partition coefficient (Wildman–Crippen LogP) is 5.66. The molecule has 252 valence electrons. The van der Waals surface area contributed by atoms with E-state index in [9.17, 15) is 14.4 Å². The summed E-state index contributed by atoms with van der Waals surface area (Å²) in [6.07, 6.45) is 5.49. The topological polar surface area (TPSA) is 102 Å². The first-order valence-electron chi connectivity index (χ1n) is 17.1. The number of hydrogen-bond donors (Lipinski definition) is 1. The van der Waals surface area contributed by atoms with E-state index in [-0.39, 0.29) is 29.6 Å². The SMILES string of the molecule is Cc1ccc2c(C(=O)NC3CCCC3)cc(=O)n(CCN3CCC(N(Cc4ccc5c(c4)OCCO5)C(=O)OC(C)(C)C)CC3)c2c1. The number of nitrogens with one attached hydrogen (secondary N) is 1. The molecule has 47 heavy (non-hydrogen) atoms. The molecule has 2 fully saturated rings. The van der Waals surface area contributed by atoms with E-state index in [4.69, 9.17) is 14.2 Å². The van der Waals surface area contributed by atoms with Crippen LogP contribution in [0.25, 0.3) is 10.9 Å². The summed E-state index contributed by atoms with van der Waals surface area (Å²) in [6.45, 7) is 11.9. The van der Waals surface area contributed by atoms with Crippen molar-refractivity contribution in [3.05, 3.63) is 69.5 Å². The molecule has 3 heterocycles. The van der Waals surface area contributed by atoms with E-state index in [0.717, 1.165) is 79.4 Å². The number of amides is 2. The fraction of sp³-hybridized carbons (Fsp3) is 0.541. The average molecular weight is 645 g/mol. The third kappa shape index (κ3) is 7.92. The number of nitrogens with zero attached hydrogens (tertiary/aromatic N) is 3. The summed E-state index contributed by atoms with van der Waals surface area (Å²) < 4.78 is 19.1. The lowest BCUT2D eigenvalue weighted by Gasteiger charge is -2.39. The Balaban J connectivity index is 1.13. The summed E-state index contributed by atoms with van der Waals surface area (Å²) in [5.41, 5.74) is 2.48. The molecule has 6 rings (SSSR count). The lowest BCUT2D eigenvalue weighted by atomic mass is 10.0. The first-order valence-corrected chi connectivity index (χ1v) is 17.1. The molecule has 0 atom stereocenters. The second-order valence-corrected chi connectivity index (χ2v) is 14.2. The number of carbonyl (C=O) groups is 2. The zero-order chi connectivity index (χ0) is 33.1. The molecule has 10 heteroatoms. The van der Waals surface area contributed by atoms with Crippen LogP contribution in [0.1, 0.15) is 80.8 Å². The van der Waals surface area contributed by atoms with E-state index in [1.165, 1.54) is 6.07 Å². The molecule has 2 aliphatic heterocycles. The quantitative estimate of drug-likeness (QED) is 0.338. The molecule has 0 bridgehead atoms. The van der Waals surface area contributed by atoms with Crippen molar-refractivity contribution in [2.45, 2.75) is 97.0 Å². The zero-order valence-corrected chi connectivity index (χ0v) is 28.2. The number of carbonyl (C=O) groups excluding carboxylic acids is 2. The largest absolute Gasteiger partial charge is 0.486 e. The molecule has 0 radical (unpaired) electrons. The van der Waals surface area contributed by atoms with E-state index in [1.807, 2.05) is 69.0 Å². The van der Waals surface area contributed by atoms with Crippen LogP contribution in [0.15, 0.2) is 47.3 Å². The number of likely N-dealkylation sites (tertiary alicyclic amines) is 1. The van der Waals surface area contributed by atoms with Gasteiger partial charge in [-0.3, -0.25) is 9.59 Å². The van der Waals surface area contributed by atoms with Gasteiger partial charge in [0.15, 0.2) is 11.5 Å². The molecule has 1 N–H and O–H groups in total. The Morgan fingerprint density at radius 1 is 0.936 bits per heavy atom. The van der Waals surface area contributed by atoms with E-state index >= 15 is 0 Å². The number of fused-ring (bicyclic) bond motifs is 2. The van der Waals surface area contributed by atoms with Gasteiger partial charge in [-0.2, -0.15) is 0 Å². The Hall–Kier alpha value is -4.05. The number of rotatable bonds is 8. The lowest BCUT2D eigenvalue weighted by molar-refractivity contribution is 0.00562. The maximum Gasteiger partial charge on any atom is 0.410 e. The Morgan fingerprint density at radius 2 is 1.66 bits per heavy atom. The zero-order valence-electron chi connectivity index (χ0n) is 28.2. The van der Waals surface area contributed by atoms with Crippen molar-refractivity contribution in [3.63, 3.8) is 0 Å². The van der Waals surface area contributed by atoms with Crippen LogP contribution in [0.5, 0.6) is 11.5 Å². The monoisotopic (exact) mass is 644 g/mol. The van der Waals surface area contributed by atoms with Gasteiger partial charge in [-0.1, -0.05) is 31.0 Å². The Morgan fingerprint density at radius 3 is 2.38 bits per heavy atom. The highest BCUT2D eigenvalue weighted by Crippen LogP contribution is 2.32. The minimum absolute atomic E-state index is 0.0122. The molecule has 3 aromatic rings. The molecular weight excluding hydrogens is 596 g/mol. The molecule has 1 saturated carbocycles. The van der Waals surface area contributed by atoms with Gasteiger partial charge in [-0.25, -0.2) is 4.79 Å². The number of pyridine rings is 1. The van der Waals surface area contributed by atoms with Gasteiger partial charge in [-0.05, 0) is 82.7 Å². The van der Waals surface area contributed by atoms with Crippen molar-refractivity contribution < 1.29 is 23.8 Å². The van der Waals surface area contributed by atoms with E-state index < -0.39 is 5.60 Å². The molecule has 1 aromatic heterocycles. The first-order chi connectivity index (χ1) is 22.5. The van der Waals surface area contributed by atoms with Crippen LogP contribution in [0.3, 0.4) is 0 Å². The van der Waals surface area contributed by atoms with Crippen LogP contribution < -0.4 is 20.3 Å². The fourth-order valence-electron chi connectivity index (χ4n) is 6.98. The minimum Gasteiger partial charge on any atom is -0.486 e. The molecule has 2 amide bonds. The first kappa shape index (κ1) is 32.9. The molecule has 10 nitrogen and oxygen atoms in total. The number of aryl methyl sites for hydroxylation is 1. The lowest BCUT2D eigenvalue weighted by Crippen LogP contribution is -2.49. The highest BCUT2D eigenvalue weighted by atomic mass is 16.6. The van der Waals surface area contributed by atoms with Gasteiger partial charge in [0.1, 0.15) is 18.8 Å². The van der Waals surface area contributed by atoms with Crippen molar-refractivity contribution in [2.24, 2.45) is 0 Å². The van der Waals surface area contributed by atoms with Crippen molar-refractivity contribution >= 4 is 22.9 Å². The third-order valence-corrected chi connectivity index (χ3v) is 9.43. The third-order valence-electron chi connectivity index (χ3n) is 9.43. The molecule has 2 aromatic carbocycles. The molecular formula is C37H48N4O6. The smallest absolute Gasteiger partial charge is 0.410 e. The summed E-state index contributed by atoms with van der Waals surface area (Å²) >= 11 is 0. The Kier molecular flexibility index (Phi) is 9.77. The molecule has 0 spiro atoms. The Labute approximate surface area is 277 Å². The molecule has 1 saturated heterocycles. The highest BCUT2D eigenvalue weighted by Gasteiger charge is 2.32. The van der Waals surface area contributed by atoms with Gasteiger partial charge < -0.3 is 33.9 Å². The summed E-state index contributed by atoms with van der Waals surface area (Å²) in [5.74, 6) is 1.26. The van der Waals surface area contributed by atoms with E-state index in [1.54, 1.807) is 4.57 Å². The summed E-state index contributed by atoms with van der Waals surface area (Å²) in [4.78, 5) is 44.4. The van der Waals surface area contributed by atoms with E-state index in [2.05, 4.69) is 10.2 Å². The fourth-order valence-corrected chi connectivity index (χ4v) is 6.98. The van der Waals surface area contributed by atoms with Crippen LogP contribution in [0.4, 0.5) is 4.79 Å².